The molecule has 0 unspecified atom stereocenters. The van der Waals surface area contributed by atoms with Gasteiger partial charge in [0, 0.05) is 38.8 Å². The second-order valence-corrected chi connectivity index (χ2v) is 6.77. The number of nitrogens with one attached hydrogen (secondary N) is 1. The van der Waals surface area contributed by atoms with Crippen molar-refractivity contribution in [3.8, 4) is 0 Å². The van der Waals surface area contributed by atoms with Crippen molar-refractivity contribution < 1.29 is 9.90 Å². The smallest absolute Gasteiger partial charge is 0.242 e. The largest absolute Gasteiger partial charge is 0.392 e. The molecule has 3 atom stereocenters. The Morgan fingerprint density at radius 3 is 2.54 bits per heavy atom. The molecule has 1 saturated heterocycles. The predicted molar refractivity (Wildman–Crippen MR) is 95.0 cm³/mol. The van der Waals surface area contributed by atoms with Crippen LogP contribution in [-0.2, 0) is 4.79 Å². The van der Waals surface area contributed by atoms with Crippen molar-refractivity contribution in [2.24, 2.45) is 0 Å². The van der Waals surface area contributed by atoms with Crippen LogP contribution in [0.2, 0.25) is 0 Å². The molecule has 1 aromatic heterocycles. The standard InChI is InChI=1S/C17H31N5O2/c1-5-13(2)22-16(6-7-18-22)19-17(24)15(4)21-10-8-20(9-11-21)12-14(3)23/h6-7,13-15,23H,5,8-12H2,1-4H3,(H,19,24)/t13-,14-,15-/m0/s1. The highest BCUT2D eigenvalue weighted by molar-refractivity contribution is 5.93. The molecule has 7 nitrogen and oxygen atoms in total. The van der Waals surface area contributed by atoms with E-state index in [2.05, 4.69) is 34.1 Å². The van der Waals surface area contributed by atoms with Gasteiger partial charge in [0.1, 0.15) is 5.82 Å². The van der Waals surface area contributed by atoms with E-state index in [-0.39, 0.29) is 24.1 Å². The Morgan fingerprint density at radius 1 is 1.29 bits per heavy atom. The number of aromatic nitrogens is 2. The zero-order valence-corrected chi connectivity index (χ0v) is 15.3. The van der Waals surface area contributed by atoms with Crippen LogP contribution in [0.5, 0.6) is 0 Å². The Morgan fingerprint density at radius 2 is 1.96 bits per heavy atom. The molecule has 1 amide bonds. The molecule has 0 radical (unpaired) electrons. The Kier molecular flexibility index (Phi) is 6.77. The van der Waals surface area contributed by atoms with E-state index in [0.717, 1.165) is 38.4 Å². The van der Waals surface area contributed by atoms with Crippen LogP contribution >= 0.6 is 0 Å². The molecule has 24 heavy (non-hydrogen) atoms. The fourth-order valence-electron chi connectivity index (χ4n) is 3.04. The lowest BCUT2D eigenvalue weighted by Gasteiger charge is -2.37. The first-order valence-electron chi connectivity index (χ1n) is 8.91. The van der Waals surface area contributed by atoms with Gasteiger partial charge in [-0.3, -0.25) is 14.6 Å². The van der Waals surface area contributed by atoms with E-state index >= 15 is 0 Å². The number of piperazine rings is 1. The van der Waals surface area contributed by atoms with Crippen molar-refractivity contribution >= 4 is 11.7 Å². The second kappa shape index (κ2) is 8.60. The summed E-state index contributed by atoms with van der Waals surface area (Å²) >= 11 is 0. The number of aliphatic hydroxyl groups excluding tert-OH is 1. The molecule has 0 bridgehead atoms. The van der Waals surface area contributed by atoms with Crippen molar-refractivity contribution in [1.82, 2.24) is 19.6 Å². The van der Waals surface area contributed by atoms with Gasteiger partial charge in [-0.1, -0.05) is 6.92 Å². The average Bonchev–Trinajstić information content (AvgIpc) is 3.01. The lowest BCUT2D eigenvalue weighted by molar-refractivity contribution is -0.121. The summed E-state index contributed by atoms with van der Waals surface area (Å²) in [7, 11) is 0. The number of anilines is 1. The highest BCUT2D eigenvalue weighted by atomic mass is 16.3. The van der Waals surface area contributed by atoms with Crippen LogP contribution in [0.3, 0.4) is 0 Å². The van der Waals surface area contributed by atoms with Crippen LogP contribution in [0.1, 0.15) is 40.2 Å². The first-order valence-corrected chi connectivity index (χ1v) is 8.91. The molecule has 2 heterocycles. The lowest BCUT2D eigenvalue weighted by atomic mass is 10.2. The number of carbonyl (C=O) groups is 1. The summed E-state index contributed by atoms with van der Waals surface area (Å²) in [5.41, 5.74) is 0. The van der Waals surface area contributed by atoms with Crippen molar-refractivity contribution in [2.45, 2.75) is 52.3 Å². The Hall–Kier alpha value is -1.44. The Balaban J connectivity index is 1.88. The Labute approximate surface area is 144 Å². The van der Waals surface area contributed by atoms with E-state index in [9.17, 15) is 9.90 Å². The number of nitrogens with zero attached hydrogens (tertiary/aromatic N) is 4. The van der Waals surface area contributed by atoms with Crippen molar-refractivity contribution in [3.05, 3.63) is 12.3 Å². The van der Waals surface area contributed by atoms with Crippen molar-refractivity contribution in [2.75, 3.05) is 38.0 Å². The zero-order chi connectivity index (χ0) is 17.7. The number of hydrogen-bond acceptors (Lipinski definition) is 5. The van der Waals surface area contributed by atoms with Crippen LogP contribution in [0.4, 0.5) is 5.82 Å². The summed E-state index contributed by atoms with van der Waals surface area (Å²) in [4.78, 5) is 17.0. The fourth-order valence-corrected chi connectivity index (χ4v) is 3.04. The summed E-state index contributed by atoms with van der Waals surface area (Å²) in [6.45, 7) is 12.1. The van der Waals surface area contributed by atoms with Crippen LogP contribution in [0.25, 0.3) is 0 Å². The lowest BCUT2D eigenvalue weighted by Crippen LogP contribution is -2.53. The van der Waals surface area contributed by atoms with Crippen LogP contribution in [0, 0.1) is 0 Å². The van der Waals surface area contributed by atoms with E-state index in [1.807, 2.05) is 24.6 Å². The predicted octanol–water partition coefficient (Wildman–Crippen LogP) is 1.18. The van der Waals surface area contributed by atoms with Gasteiger partial charge >= 0.3 is 0 Å². The highest BCUT2D eigenvalue weighted by Crippen LogP contribution is 2.17. The summed E-state index contributed by atoms with van der Waals surface area (Å²) in [5.74, 6) is 0.762. The first-order chi connectivity index (χ1) is 11.4. The molecule has 0 aliphatic carbocycles. The van der Waals surface area contributed by atoms with Gasteiger partial charge in [0.25, 0.3) is 0 Å². The summed E-state index contributed by atoms with van der Waals surface area (Å²) in [6, 6.07) is 1.92. The van der Waals surface area contributed by atoms with Gasteiger partial charge in [0.2, 0.25) is 5.91 Å². The number of amides is 1. The number of rotatable bonds is 7. The normalized spacial score (nSPS) is 20.5. The topological polar surface area (TPSA) is 73.6 Å². The third kappa shape index (κ3) is 4.78. The minimum absolute atomic E-state index is 0.00373. The number of β-amino-alcohol motifs (C(OH)–C–C–N with tert-alkyl or cyclic N) is 1. The van der Waals surface area contributed by atoms with Gasteiger partial charge in [-0.05, 0) is 27.2 Å². The zero-order valence-electron chi connectivity index (χ0n) is 15.3. The highest BCUT2D eigenvalue weighted by Gasteiger charge is 2.26. The molecule has 0 aromatic carbocycles. The average molecular weight is 337 g/mol. The number of carbonyl (C=O) groups excluding carboxylic acids is 1. The molecule has 2 rings (SSSR count). The molecular formula is C17H31N5O2. The number of aliphatic hydroxyl groups is 1. The van der Waals surface area contributed by atoms with E-state index < -0.39 is 0 Å². The van der Waals surface area contributed by atoms with Gasteiger partial charge < -0.3 is 10.4 Å². The molecule has 1 fully saturated rings. The van der Waals surface area contributed by atoms with Gasteiger partial charge in [-0.2, -0.15) is 5.10 Å². The van der Waals surface area contributed by atoms with E-state index in [1.165, 1.54) is 0 Å². The quantitative estimate of drug-likeness (QED) is 0.782. The minimum atomic E-state index is -0.307. The van der Waals surface area contributed by atoms with E-state index in [4.69, 9.17) is 0 Å². The van der Waals surface area contributed by atoms with Gasteiger partial charge in [-0.15, -0.1) is 0 Å². The Bertz CT molecular complexity index is 523. The van der Waals surface area contributed by atoms with Gasteiger partial charge in [0.05, 0.1) is 24.4 Å². The van der Waals surface area contributed by atoms with Crippen LogP contribution in [-0.4, -0.2) is 75.5 Å². The molecule has 0 spiro atoms. The van der Waals surface area contributed by atoms with Crippen molar-refractivity contribution in [3.63, 3.8) is 0 Å². The van der Waals surface area contributed by atoms with Crippen LogP contribution in [0.15, 0.2) is 12.3 Å². The SMILES string of the molecule is CC[C@H](C)n1nccc1NC(=O)[C@H](C)N1CCN(C[C@H](C)O)CC1. The van der Waals surface area contributed by atoms with E-state index in [1.54, 1.807) is 6.20 Å². The third-order valence-corrected chi connectivity index (χ3v) is 4.79. The maximum atomic E-state index is 12.6. The minimum Gasteiger partial charge on any atom is -0.392 e. The third-order valence-electron chi connectivity index (χ3n) is 4.79. The molecule has 136 valence electrons. The number of hydrogen-bond donors (Lipinski definition) is 2. The molecular weight excluding hydrogens is 306 g/mol. The summed E-state index contributed by atoms with van der Waals surface area (Å²) < 4.78 is 1.87. The van der Waals surface area contributed by atoms with Gasteiger partial charge in [-0.25, -0.2) is 4.68 Å². The van der Waals surface area contributed by atoms with E-state index in [0.29, 0.717) is 6.54 Å². The molecule has 0 saturated carbocycles. The maximum Gasteiger partial charge on any atom is 0.242 e. The fraction of sp³-hybridized carbons (Fsp3) is 0.765. The first kappa shape index (κ1) is 18.9. The van der Waals surface area contributed by atoms with Crippen LogP contribution < -0.4 is 5.32 Å². The summed E-state index contributed by atoms with van der Waals surface area (Å²) in [6.07, 6.45) is 2.38. The molecule has 1 aliphatic rings. The van der Waals surface area contributed by atoms with Crippen molar-refractivity contribution in [1.29, 1.82) is 0 Å². The molecule has 7 heteroatoms. The second-order valence-electron chi connectivity index (χ2n) is 6.77. The maximum absolute atomic E-state index is 12.6. The van der Waals surface area contributed by atoms with Gasteiger partial charge in [0.15, 0.2) is 0 Å². The molecule has 1 aromatic rings. The molecule has 2 N–H and O–H groups in total. The summed E-state index contributed by atoms with van der Waals surface area (Å²) in [5, 5.41) is 16.8. The monoisotopic (exact) mass is 337 g/mol. The molecule has 1 aliphatic heterocycles.